The van der Waals surface area contributed by atoms with Crippen LogP contribution in [0.4, 0.5) is 0 Å². The lowest BCUT2D eigenvalue weighted by atomic mass is 10.1. The number of carbonyl (C=O) groups excluding carboxylic acids is 4. The van der Waals surface area contributed by atoms with E-state index in [2.05, 4.69) is 31.4 Å². The van der Waals surface area contributed by atoms with Gasteiger partial charge in [0.25, 0.3) is 0 Å². The number of nitrogens with one attached hydrogen (secondary N) is 2. The molecule has 222 valence electrons. The molecule has 0 unspecified atom stereocenters. The van der Waals surface area contributed by atoms with E-state index < -0.39 is 18.0 Å². The zero-order chi connectivity index (χ0) is 28.6. The van der Waals surface area contributed by atoms with Crippen LogP contribution in [0.1, 0.15) is 136 Å². The van der Waals surface area contributed by atoms with E-state index in [4.69, 9.17) is 0 Å². The summed E-state index contributed by atoms with van der Waals surface area (Å²) < 4.78 is 0. The van der Waals surface area contributed by atoms with Crippen molar-refractivity contribution in [3.63, 3.8) is 0 Å². The summed E-state index contributed by atoms with van der Waals surface area (Å²) in [5.41, 5.74) is 0. The molecule has 0 radical (unpaired) electrons. The Bertz CT molecular complexity index is 608. The molecule has 0 aliphatic carbocycles. The number of carbonyl (C=O) groups is 4. The summed E-state index contributed by atoms with van der Waals surface area (Å²) in [5.74, 6) is -1.24. The molecule has 8 nitrogen and oxygen atoms in total. The highest BCUT2D eigenvalue weighted by molar-refractivity contribution is 5.98. The van der Waals surface area contributed by atoms with Crippen LogP contribution in [-0.4, -0.2) is 66.8 Å². The molecular formula is C30H58N4O4. The lowest BCUT2D eigenvalue weighted by Crippen LogP contribution is -2.49. The molecule has 2 N–H and O–H groups in total. The summed E-state index contributed by atoms with van der Waals surface area (Å²) in [5, 5.41) is 5.64. The third-order valence-corrected chi connectivity index (χ3v) is 6.94. The van der Waals surface area contributed by atoms with Gasteiger partial charge >= 0.3 is 0 Å². The molecule has 4 amide bonds. The highest BCUT2D eigenvalue weighted by Gasteiger charge is 2.21. The molecule has 0 aromatic carbocycles. The second-order valence-corrected chi connectivity index (χ2v) is 10.7. The van der Waals surface area contributed by atoms with Crippen LogP contribution in [0.15, 0.2) is 0 Å². The molecule has 0 aromatic heterocycles. The lowest BCUT2D eigenvalue weighted by molar-refractivity contribution is -0.135. The predicted molar refractivity (Wildman–Crippen MR) is 155 cm³/mol. The molecule has 0 aromatic rings. The van der Waals surface area contributed by atoms with Crippen LogP contribution in [0.5, 0.6) is 0 Å². The molecule has 0 bridgehead atoms. The van der Waals surface area contributed by atoms with Crippen LogP contribution in [-0.2, 0) is 19.2 Å². The Morgan fingerprint density at radius 2 is 0.868 bits per heavy atom. The Hall–Kier alpha value is -2.12. The fourth-order valence-corrected chi connectivity index (χ4v) is 4.32. The first-order chi connectivity index (χ1) is 18.2. The summed E-state index contributed by atoms with van der Waals surface area (Å²) in [6.07, 6.45) is 15.9. The highest BCUT2D eigenvalue weighted by atomic mass is 16.2. The van der Waals surface area contributed by atoms with Crippen LogP contribution in [0.25, 0.3) is 0 Å². The van der Waals surface area contributed by atoms with Gasteiger partial charge in [-0.3, -0.25) is 19.2 Å². The minimum atomic E-state index is -0.587. The molecule has 0 heterocycles. The second-order valence-electron chi connectivity index (χ2n) is 10.7. The molecule has 0 rings (SSSR count). The lowest BCUT2D eigenvalue weighted by Gasteiger charge is -2.22. The predicted octanol–water partition coefficient (Wildman–Crippen LogP) is 5.54. The van der Waals surface area contributed by atoms with Gasteiger partial charge in [0.2, 0.25) is 23.6 Å². The van der Waals surface area contributed by atoms with Gasteiger partial charge in [0.05, 0.1) is 0 Å². The van der Waals surface area contributed by atoms with Crippen molar-refractivity contribution >= 4 is 23.6 Å². The molecule has 0 aliphatic heterocycles. The zero-order valence-electron chi connectivity index (χ0n) is 25.2. The Balaban J connectivity index is 4.70. The third kappa shape index (κ3) is 19.9. The summed E-state index contributed by atoms with van der Waals surface area (Å²) in [6, 6.07) is 0. The zero-order valence-corrected chi connectivity index (χ0v) is 25.2. The first-order valence-corrected chi connectivity index (χ1v) is 15.3. The van der Waals surface area contributed by atoms with Gasteiger partial charge in [0.1, 0.15) is 19.0 Å². The van der Waals surface area contributed by atoms with Crippen molar-refractivity contribution in [3.8, 4) is 0 Å². The van der Waals surface area contributed by atoms with E-state index in [9.17, 15) is 19.2 Å². The Labute approximate surface area is 233 Å². The smallest absolute Gasteiger partial charge is 0.231 e. The maximum Gasteiger partial charge on any atom is 0.231 e. The highest BCUT2D eigenvalue weighted by Crippen LogP contribution is 2.08. The first-order valence-electron chi connectivity index (χ1n) is 15.3. The number of rotatable bonds is 24. The van der Waals surface area contributed by atoms with Crippen LogP contribution in [0, 0.1) is 0 Å². The molecule has 0 saturated carbocycles. The number of hydrogen-bond acceptors (Lipinski definition) is 4. The fourth-order valence-electron chi connectivity index (χ4n) is 4.32. The van der Waals surface area contributed by atoms with Crippen molar-refractivity contribution in [1.82, 2.24) is 20.4 Å². The monoisotopic (exact) mass is 538 g/mol. The van der Waals surface area contributed by atoms with Crippen molar-refractivity contribution in [2.24, 2.45) is 0 Å². The summed E-state index contributed by atoms with van der Waals surface area (Å²) in [7, 11) is 3.46. The van der Waals surface area contributed by atoms with Crippen molar-refractivity contribution in [3.05, 3.63) is 0 Å². The molecule has 0 aliphatic rings. The van der Waals surface area contributed by atoms with E-state index in [1.807, 2.05) is 0 Å². The maximum absolute atomic E-state index is 12.6. The molecule has 0 spiro atoms. The van der Waals surface area contributed by atoms with E-state index >= 15 is 0 Å². The molecule has 0 saturated heterocycles. The quantitative estimate of drug-likeness (QED) is 0.0957. The van der Waals surface area contributed by atoms with Crippen molar-refractivity contribution in [2.45, 2.75) is 143 Å². The Kier molecular flexibility index (Phi) is 22.6. The Morgan fingerprint density at radius 1 is 0.526 bits per heavy atom. The average molecular weight is 539 g/mol. The molecule has 8 heteroatoms. The van der Waals surface area contributed by atoms with Crippen LogP contribution in [0.3, 0.4) is 0 Å². The van der Waals surface area contributed by atoms with Crippen LogP contribution < -0.4 is 10.6 Å². The van der Waals surface area contributed by atoms with Gasteiger partial charge in [-0.2, -0.15) is 0 Å². The van der Waals surface area contributed by atoms with Crippen molar-refractivity contribution in [1.29, 1.82) is 0 Å². The third-order valence-electron chi connectivity index (χ3n) is 6.94. The van der Waals surface area contributed by atoms with E-state index in [1.165, 1.54) is 25.7 Å². The minimum Gasteiger partial charge on any atom is -0.345 e. The topological polar surface area (TPSA) is 98.8 Å². The standard InChI is InChI=1S/C30H58N4O4/c1-6-9-12-15-18-21-26(31-27(35)24-29(37)33(4)22-19-16-13-10-7-2)32-28(36)25-30(38)34(5)23-20-17-14-11-8-3/h26H,6-25H2,1-5H3,(H,31,35)(H,32,36). The Morgan fingerprint density at radius 3 is 1.24 bits per heavy atom. The normalized spacial score (nSPS) is 10.9. The molecule has 0 atom stereocenters. The van der Waals surface area contributed by atoms with Gasteiger partial charge in [-0.15, -0.1) is 0 Å². The average Bonchev–Trinajstić information content (AvgIpc) is 2.87. The van der Waals surface area contributed by atoms with Crippen molar-refractivity contribution < 1.29 is 19.2 Å². The summed E-state index contributed by atoms with van der Waals surface area (Å²) >= 11 is 0. The fraction of sp³-hybridized carbons (Fsp3) is 0.867. The largest absolute Gasteiger partial charge is 0.345 e. The number of unbranched alkanes of at least 4 members (excludes halogenated alkanes) is 12. The van der Waals surface area contributed by atoms with E-state index in [0.29, 0.717) is 19.5 Å². The van der Waals surface area contributed by atoms with Gasteiger partial charge in [-0.25, -0.2) is 0 Å². The van der Waals surface area contributed by atoms with Gasteiger partial charge in [-0.05, 0) is 25.7 Å². The molecule has 38 heavy (non-hydrogen) atoms. The van der Waals surface area contributed by atoms with Gasteiger partial charge in [0.15, 0.2) is 0 Å². The van der Waals surface area contributed by atoms with Gasteiger partial charge in [0, 0.05) is 27.2 Å². The first kappa shape index (κ1) is 35.9. The number of amides is 4. The molecule has 0 fully saturated rings. The minimum absolute atomic E-state index is 0.221. The number of nitrogens with zero attached hydrogens (tertiary/aromatic N) is 2. The second kappa shape index (κ2) is 24.0. The summed E-state index contributed by atoms with van der Waals surface area (Å²) in [4.78, 5) is 53.5. The van der Waals surface area contributed by atoms with E-state index in [-0.39, 0.29) is 24.7 Å². The van der Waals surface area contributed by atoms with E-state index in [0.717, 1.165) is 70.6 Å². The molecular weight excluding hydrogens is 480 g/mol. The van der Waals surface area contributed by atoms with Crippen molar-refractivity contribution in [2.75, 3.05) is 27.2 Å². The van der Waals surface area contributed by atoms with E-state index in [1.54, 1.807) is 23.9 Å². The van der Waals surface area contributed by atoms with Crippen LogP contribution in [0.2, 0.25) is 0 Å². The number of hydrogen-bond donors (Lipinski definition) is 2. The summed E-state index contributed by atoms with van der Waals surface area (Å²) in [6.45, 7) is 7.77. The SMILES string of the molecule is CCCCCCCC(NC(=O)CC(=O)N(C)CCCCCCC)NC(=O)CC(=O)N(C)CCCCCCC. The van der Waals surface area contributed by atoms with Gasteiger partial charge in [-0.1, -0.05) is 97.8 Å². The van der Waals surface area contributed by atoms with Crippen LogP contribution >= 0.6 is 0 Å². The maximum atomic E-state index is 12.6. The van der Waals surface area contributed by atoms with Gasteiger partial charge < -0.3 is 20.4 Å².